The first-order valence-corrected chi connectivity index (χ1v) is 11.1. The molecule has 0 spiro atoms. The van der Waals surface area contributed by atoms with Crippen LogP contribution in [0.15, 0.2) is 47.4 Å². The van der Waals surface area contributed by atoms with E-state index in [0.29, 0.717) is 12.2 Å². The van der Waals surface area contributed by atoms with Crippen molar-refractivity contribution < 1.29 is 9.59 Å². The predicted molar refractivity (Wildman–Crippen MR) is 118 cm³/mol. The van der Waals surface area contributed by atoms with E-state index >= 15 is 0 Å². The van der Waals surface area contributed by atoms with Gasteiger partial charge in [-0.25, -0.2) is 0 Å². The number of primary amides is 1. The van der Waals surface area contributed by atoms with Crippen LogP contribution in [-0.2, 0) is 16.0 Å². The minimum Gasteiger partial charge on any atom is -0.368 e. The molecule has 1 saturated heterocycles. The highest BCUT2D eigenvalue weighted by atomic mass is 32.2. The van der Waals surface area contributed by atoms with Crippen molar-refractivity contribution in [1.29, 1.82) is 5.26 Å². The molecule has 0 saturated carbocycles. The molecule has 3 N–H and O–H groups in total. The van der Waals surface area contributed by atoms with Crippen LogP contribution >= 0.6 is 11.8 Å². The van der Waals surface area contributed by atoms with Gasteiger partial charge in [0.1, 0.15) is 6.04 Å². The molecule has 2 atom stereocenters. The molecule has 0 bridgehead atoms. The number of carbonyl (C=O) groups is 2. The van der Waals surface area contributed by atoms with Crippen molar-refractivity contribution in [3.63, 3.8) is 0 Å². The Bertz CT molecular complexity index is 999. The molecule has 2 aliphatic rings. The van der Waals surface area contributed by atoms with Crippen molar-refractivity contribution in [1.82, 2.24) is 4.90 Å². The third kappa shape index (κ3) is 4.35. The van der Waals surface area contributed by atoms with Gasteiger partial charge in [-0.05, 0) is 41.7 Å². The molecule has 154 valence electrons. The number of piperidine rings is 1. The Morgan fingerprint density at radius 2 is 2.00 bits per heavy atom. The number of amides is 2. The number of nitrogens with one attached hydrogen (secondary N) is 1. The van der Waals surface area contributed by atoms with Crippen LogP contribution in [0.1, 0.15) is 24.8 Å². The lowest BCUT2D eigenvalue weighted by Gasteiger charge is -2.36. The summed E-state index contributed by atoms with van der Waals surface area (Å²) in [5.41, 5.74) is 9.66. The summed E-state index contributed by atoms with van der Waals surface area (Å²) in [7, 11) is 0. The lowest BCUT2D eigenvalue weighted by molar-refractivity contribution is -0.125. The van der Waals surface area contributed by atoms with E-state index in [4.69, 9.17) is 5.73 Å². The van der Waals surface area contributed by atoms with Crippen LogP contribution in [0.25, 0.3) is 11.1 Å². The topological polar surface area (TPSA) is 99.2 Å². The molecule has 0 aromatic heterocycles. The maximum Gasteiger partial charge on any atom is 0.234 e. The Balaban J connectivity index is 1.49. The fourth-order valence-corrected chi connectivity index (χ4v) is 5.02. The molecule has 2 amide bonds. The summed E-state index contributed by atoms with van der Waals surface area (Å²) < 4.78 is 0. The molecule has 7 heteroatoms. The van der Waals surface area contributed by atoms with Gasteiger partial charge in [-0.3, -0.25) is 14.5 Å². The van der Waals surface area contributed by atoms with Gasteiger partial charge in [-0.2, -0.15) is 5.26 Å². The summed E-state index contributed by atoms with van der Waals surface area (Å²) in [6, 6.07) is 15.9. The number of nitrogens with zero attached hydrogens (tertiary/aromatic N) is 2. The summed E-state index contributed by atoms with van der Waals surface area (Å²) in [4.78, 5) is 26.4. The highest BCUT2D eigenvalue weighted by Gasteiger charge is 2.32. The highest BCUT2D eigenvalue weighted by molar-refractivity contribution is 8.00. The van der Waals surface area contributed by atoms with E-state index in [1.807, 2.05) is 29.2 Å². The molecule has 1 fully saturated rings. The number of rotatable bonds is 5. The lowest BCUT2D eigenvalue weighted by Crippen LogP contribution is -2.52. The third-order valence-electron chi connectivity index (χ3n) is 5.75. The average Bonchev–Trinajstić information content (AvgIpc) is 2.77. The molecular weight excluding hydrogens is 396 g/mol. The van der Waals surface area contributed by atoms with Crippen LogP contribution in [0.2, 0.25) is 0 Å². The van der Waals surface area contributed by atoms with Crippen LogP contribution in [-0.4, -0.2) is 41.1 Å². The van der Waals surface area contributed by atoms with Gasteiger partial charge in [0, 0.05) is 17.9 Å². The normalized spacial score (nSPS) is 20.0. The van der Waals surface area contributed by atoms with E-state index in [2.05, 4.69) is 29.6 Å². The number of carbonyl (C=O) groups excluding carboxylic acids is 2. The van der Waals surface area contributed by atoms with Crippen molar-refractivity contribution in [3.05, 3.63) is 48.0 Å². The van der Waals surface area contributed by atoms with E-state index in [9.17, 15) is 14.9 Å². The van der Waals surface area contributed by atoms with Crippen LogP contribution in [0.4, 0.5) is 5.69 Å². The molecule has 2 heterocycles. The van der Waals surface area contributed by atoms with Gasteiger partial charge in [-0.1, -0.05) is 36.8 Å². The summed E-state index contributed by atoms with van der Waals surface area (Å²) >= 11 is 1.55. The first kappa shape index (κ1) is 20.5. The van der Waals surface area contributed by atoms with Gasteiger partial charge in [-0.15, -0.1) is 11.8 Å². The van der Waals surface area contributed by atoms with Gasteiger partial charge >= 0.3 is 0 Å². The van der Waals surface area contributed by atoms with Gasteiger partial charge in [0.25, 0.3) is 0 Å². The number of nitriles is 1. The first-order chi connectivity index (χ1) is 14.5. The number of hydrogen-bond donors (Lipinski definition) is 2. The molecule has 2 aromatic rings. The smallest absolute Gasteiger partial charge is 0.234 e. The number of hydrogen-bond acceptors (Lipinski definition) is 5. The highest BCUT2D eigenvalue weighted by Crippen LogP contribution is 2.35. The first-order valence-electron chi connectivity index (χ1n) is 10.2. The Kier molecular flexibility index (Phi) is 6.07. The molecule has 2 aliphatic heterocycles. The Hall–Kier alpha value is -2.82. The Morgan fingerprint density at radius 1 is 1.23 bits per heavy atom. The number of thioether (sulfide) groups is 1. The molecule has 1 unspecified atom stereocenters. The van der Waals surface area contributed by atoms with E-state index in [1.165, 1.54) is 0 Å². The fraction of sp³-hybridized carbons (Fsp3) is 0.348. The van der Waals surface area contributed by atoms with Gasteiger partial charge in [0.05, 0.1) is 23.6 Å². The van der Waals surface area contributed by atoms with Crippen LogP contribution in [0, 0.1) is 11.3 Å². The summed E-state index contributed by atoms with van der Waals surface area (Å²) in [6.07, 6.45) is 3.24. The fourth-order valence-electron chi connectivity index (χ4n) is 4.18. The summed E-state index contributed by atoms with van der Waals surface area (Å²) in [6.45, 7) is 0.729. The summed E-state index contributed by atoms with van der Waals surface area (Å²) in [5, 5.41) is 12.6. The zero-order chi connectivity index (χ0) is 21.1. The van der Waals surface area contributed by atoms with Crippen LogP contribution in [0.5, 0.6) is 0 Å². The molecule has 4 rings (SSSR count). The molecule has 30 heavy (non-hydrogen) atoms. The van der Waals surface area contributed by atoms with E-state index in [0.717, 1.165) is 53.1 Å². The summed E-state index contributed by atoms with van der Waals surface area (Å²) in [5.74, 6) is 0.129. The third-order valence-corrected chi connectivity index (χ3v) is 6.81. The second-order valence-corrected chi connectivity index (χ2v) is 8.76. The van der Waals surface area contributed by atoms with Crippen molar-refractivity contribution in [3.8, 4) is 17.2 Å². The maximum atomic E-state index is 11.8. The zero-order valence-corrected chi connectivity index (χ0v) is 17.5. The zero-order valence-electron chi connectivity index (χ0n) is 16.6. The van der Waals surface area contributed by atoms with Gasteiger partial charge in [0.2, 0.25) is 11.8 Å². The Labute approximate surface area is 180 Å². The monoisotopic (exact) mass is 420 g/mol. The number of anilines is 1. The largest absolute Gasteiger partial charge is 0.368 e. The standard InChI is InChI=1S/C23H24N4O2S/c24-13-18(27-10-2-1-3-20(27)23(25)29)11-15-4-6-16(7-5-15)17-8-9-19-21(12-17)30-14-22(28)26-19/h4-9,12,18,20H,1-3,10-11,14H2,(H2,25,29)(H,26,28)/t18-,20?/m0/s1. The number of nitrogens with two attached hydrogens (primary N) is 1. The van der Waals surface area contributed by atoms with E-state index in [1.54, 1.807) is 11.8 Å². The minimum atomic E-state index is -0.364. The van der Waals surface area contributed by atoms with E-state index in [-0.39, 0.29) is 23.9 Å². The number of benzene rings is 2. The van der Waals surface area contributed by atoms with Crippen LogP contribution < -0.4 is 11.1 Å². The van der Waals surface area contributed by atoms with E-state index < -0.39 is 0 Å². The molecule has 0 radical (unpaired) electrons. The number of likely N-dealkylation sites (tertiary alicyclic amines) is 1. The maximum absolute atomic E-state index is 11.8. The number of fused-ring (bicyclic) bond motifs is 1. The minimum absolute atomic E-state index is 0.0314. The molecule has 0 aliphatic carbocycles. The molecule has 6 nitrogen and oxygen atoms in total. The second kappa shape index (κ2) is 8.90. The van der Waals surface area contributed by atoms with Crippen LogP contribution in [0.3, 0.4) is 0 Å². The molecular formula is C23H24N4O2S. The molecule has 2 aromatic carbocycles. The Morgan fingerprint density at radius 3 is 2.73 bits per heavy atom. The SMILES string of the molecule is N#C[C@H](Cc1ccc(-c2ccc3c(c2)SCC(=O)N3)cc1)N1CCCCC1C(N)=O. The predicted octanol–water partition coefficient (Wildman–Crippen LogP) is 3.17. The van der Waals surface area contributed by atoms with Crippen molar-refractivity contribution in [2.75, 3.05) is 17.6 Å². The quantitative estimate of drug-likeness (QED) is 0.774. The van der Waals surface area contributed by atoms with Crippen molar-refractivity contribution >= 4 is 29.3 Å². The average molecular weight is 421 g/mol. The van der Waals surface area contributed by atoms with Gasteiger partial charge < -0.3 is 11.1 Å². The second-order valence-electron chi connectivity index (χ2n) is 7.75. The van der Waals surface area contributed by atoms with Gasteiger partial charge in [0.15, 0.2) is 0 Å². The van der Waals surface area contributed by atoms with Crippen molar-refractivity contribution in [2.24, 2.45) is 5.73 Å². The van der Waals surface area contributed by atoms with Crippen molar-refractivity contribution in [2.45, 2.75) is 42.7 Å². The lowest BCUT2D eigenvalue weighted by atomic mass is 9.95.